The van der Waals surface area contributed by atoms with Crippen LogP contribution in [0, 0.1) is 6.92 Å². The van der Waals surface area contributed by atoms with Gasteiger partial charge in [-0.1, -0.05) is 6.07 Å². The van der Waals surface area contributed by atoms with Crippen molar-refractivity contribution in [1.82, 2.24) is 9.97 Å². The smallest absolute Gasteiger partial charge is 0.321 e. The van der Waals surface area contributed by atoms with Gasteiger partial charge in [0, 0.05) is 18.0 Å². The molecule has 1 aromatic carbocycles. The molecule has 82 valence electrons. The van der Waals surface area contributed by atoms with E-state index in [9.17, 15) is 5.11 Å². The van der Waals surface area contributed by atoms with Gasteiger partial charge in [0.15, 0.2) is 0 Å². The van der Waals surface area contributed by atoms with Crippen LogP contribution in [0.25, 0.3) is 0 Å². The first-order valence-corrected chi connectivity index (χ1v) is 5.40. The second kappa shape index (κ2) is 4.49. The van der Waals surface area contributed by atoms with Crippen molar-refractivity contribution in [2.75, 3.05) is 0 Å². The molecule has 0 aliphatic heterocycles. The molecule has 0 aliphatic carbocycles. The van der Waals surface area contributed by atoms with Crippen LogP contribution in [0.2, 0.25) is 0 Å². The Hall–Kier alpha value is -1.62. The SMILES string of the molecule is Cc1c(O)cccc1Oc1ncc(Br)cn1. The number of hydrogen-bond acceptors (Lipinski definition) is 4. The summed E-state index contributed by atoms with van der Waals surface area (Å²) < 4.78 is 6.23. The topological polar surface area (TPSA) is 55.2 Å². The predicted octanol–water partition coefficient (Wildman–Crippen LogP) is 3.05. The van der Waals surface area contributed by atoms with Gasteiger partial charge in [0.1, 0.15) is 11.5 Å². The summed E-state index contributed by atoms with van der Waals surface area (Å²) in [5.41, 5.74) is 0.661. The average molecular weight is 281 g/mol. The Morgan fingerprint density at radius 2 is 1.94 bits per heavy atom. The van der Waals surface area contributed by atoms with Crippen molar-refractivity contribution in [3.63, 3.8) is 0 Å². The maximum atomic E-state index is 9.49. The molecule has 16 heavy (non-hydrogen) atoms. The minimum atomic E-state index is 0.189. The largest absolute Gasteiger partial charge is 0.508 e. The van der Waals surface area contributed by atoms with E-state index in [1.807, 2.05) is 0 Å². The van der Waals surface area contributed by atoms with Crippen molar-refractivity contribution in [2.45, 2.75) is 6.92 Å². The zero-order valence-electron chi connectivity index (χ0n) is 8.51. The van der Waals surface area contributed by atoms with Crippen molar-refractivity contribution in [3.05, 3.63) is 40.6 Å². The van der Waals surface area contributed by atoms with Gasteiger partial charge < -0.3 is 9.84 Å². The van der Waals surface area contributed by atoms with Crippen molar-refractivity contribution in [1.29, 1.82) is 0 Å². The molecule has 2 rings (SSSR count). The molecule has 0 saturated heterocycles. The van der Waals surface area contributed by atoms with Gasteiger partial charge in [-0.05, 0) is 35.0 Å². The van der Waals surface area contributed by atoms with Crippen LogP contribution in [0.1, 0.15) is 5.56 Å². The Labute approximate surface area is 101 Å². The first-order valence-electron chi connectivity index (χ1n) is 4.61. The average Bonchev–Trinajstić information content (AvgIpc) is 2.28. The molecule has 0 bridgehead atoms. The zero-order chi connectivity index (χ0) is 11.5. The predicted molar refractivity (Wildman–Crippen MR) is 62.6 cm³/mol. The van der Waals surface area contributed by atoms with Crippen molar-refractivity contribution < 1.29 is 9.84 Å². The molecule has 0 aliphatic rings. The second-order valence-electron chi connectivity index (χ2n) is 3.19. The molecule has 0 saturated carbocycles. The van der Waals surface area contributed by atoms with Crippen LogP contribution in [0.15, 0.2) is 35.1 Å². The molecule has 1 aromatic heterocycles. The summed E-state index contributed by atoms with van der Waals surface area (Å²) in [6.45, 7) is 1.77. The molecule has 0 spiro atoms. The summed E-state index contributed by atoms with van der Waals surface area (Å²) in [6, 6.07) is 5.30. The minimum Gasteiger partial charge on any atom is -0.508 e. The minimum absolute atomic E-state index is 0.189. The number of phenols is 1. The van der Waals surface area contributed by atoms with E-state index in [4.69, 9.17) is 4.74 Å². The number of aromatic nitrogens is 2. The van der Waals surface area contributed by atoms with E-state index in [1.165, 1.54) is 0 Å². The van der Waals surface area contributed by atoms with E-state index in [0.717, 1.165) is 4.47 Å². The summed E-state index contributed by atoms with van der Waals surface area (Å²) >= 11 is 3.24. The van der Waals surface area contributed by atoms with Gasteiger partial charge in [0.25, 0.3) is 0 Å². The number of rotatable bonds is 2. The summed E-state index contributed by atoms with van der Waals surface area (Å²) in [5.74, 6) is 0.733. The quantitative estimate of drug-likeness (QED) is 0.919. The highest BCUT2D eigenvalue weighted by Gasteiger charge is 2.06. The zero-order valence-corrected chi connectivity index (χ0v) is 10.1. The fourth-order valence-corrected chi connectivity index (χ4v) is 1.37. The van der Waals surface area contributed by atoms with E-state index >= 15 is 0 Å². The van der Waals surface area contributed by atoms with Crippen LogP contribution in [0.3, 0.4) is 0 Å². The lowest BCUT2D eigenvalue weighted by molar-refractivity contribution is 0.425. The van der Waals surface area contributed by atoms with E-state index in [1.54, 1.807) is 37.5 Å². The summed E-state index contributed by atoms with van der Waals surface area (Å²) in [4.78, 5) is 7.96. The number of halogens is 1. The van der Waals surface area contributed by atoms with Crippen LogP contribution in [0.4, 0.5) is 0 Å². The van der Waals surface area contributed by atoms with Crippen LogP contribution >= 0.6 is 15.9 Å². The number of ether oxygens (including phenoxy) is 1. The summed E-state index contributed by atoms with van der Waals surface area (Å²) in [5, 5.41) is 9.49. The molecule has 5 heteroatoms. The van der Waals surface area contributed by atoms with E-state index in [-0.39, 0.29) is 11.8 Å². The van der Waals surface area contributed by atoms with Gasteiger partial charge in [-0.15, -0.1) is 0 Å². The summed E-state index contributed by atoms with van der Waals surface area (Å²) in [7, 11) is 0. The van der Waals surface area contributed by atoms with Crippen LogP contribution < -0.4 is 4.74 Å². The van der Waals surface area contributed by atoms with Gasteiger partial charge in [-0.25, -0.2) is 9.97 Å². The highest BCUT2D eigenvalue weighted by Crippen LogP contribution is 2.28. The first kappa shape index (κ1) is 10.9. The fourth-order valence-electron chi connectivity index (χ4n) is 1.16. The van der Waals surface area contributed by atoms with Crippen LogP contribution in [-0.2, 0) is 0 Å². The maximum Gasteiger partial charge on any atom is 0.321 e. The molecule has 0 unspecified atom stereocenters. The van der Waals surface area contributed by atoms with E-state index < -0.39 is 0 Å². The molecule has 1 heterocycles. The normalized spacial score (nSPS) is 10.1. The highest BCUT2D eigenvalue weighted by atomic mass is 79.9. The molecule has 0 atom stereocenters. The van der Waals surface area contributed by atoms with Gasteiger partial charge in [0.2, 0.25) is 0 Å². The lowest BCUT2D eigenvalue weighted by Gasteiger charge is -2.07. The standard InChI is InChI=1S/C11H9BrN2O2/c1-7-9(15)3-2-4-10(7)16-11-13-5-8(12)6-14-11/h2-6,15H,1H3. The Balaban J connectivity index is 2.27. The molecule has 2 aromatic rings. The van der Waals surface area contributed by atoms with Crippen molar-refractivity contribution in [2.24, 2.45) is 0 Å². The van der Waals surface area contributed by atoms with Crippen molar-refractivity contribution >= 4 is 15.9 Å². The fraction of sp³-hybridized carbons (Fsp3) is 0.0909. The number of benzene rings is 1. The summed E-state index contributed by atoms with van der Waals surface area (Å²) in [6.07, 6.45) is 3.20. The highest BCUT2D eigenvalue weighted by molar-refractivity contribution is 9.10. The Morgan fingerprint density at radius 1 is 1.25 bits per heavy atom. The Morgan fingerprint density at radius 3 is 2.62 bits per heavy atom. The van der Waals surface area contributed by atoms with E-state index in [0.29, 0.717) is 11.3 Å². The van der Waals surface area contributed by atoms with Gasteiger partial charge in [-0.3, -0.25) is 0 Å². The lowest BCUT2D eigenvalue weighted by atomic mass is 10.2. The van der Waals surface area contributed by atoms with Crippen LogP contribution in [0.5, 0.6) is 17.5 Å². The molecule has 0 fully saturated rings. The molecular formula is C11H9BrN2O2. The third-order valence-electron chi connectivity index (χ3n) is 2.05. The van der Waals surface area contributed by atoms with Gasteiger partial charge >= 0.3 is 6.01 Å². The number of phenolic OH excluding ortho intramolecular Hbond substituents is 1. The molecule has 4 nitrogen and oxygen atoms in total. The van der Waals surface area contributed by atoms with Crippen molar-refractivity contribution in [3.8, 4) is 17.5 Å². The Kier molecular flexibility index (Phi) is 3.05. The van der Waals surface area contributed by atoms with Gasteiger partial charge in [0.05, 0.1) is 4.47 Å². The molecule has 0 radical (unpaired) electrons. The lowest BCUT2D eigenvalue weighted by Crippen LogP contribution is -1.92. The third-order valence-corrected chi connectivity index (χ3v) is 2.46. The van der Waals surface area contributed by atoms with Crippen LogP contribution in [-0.4, -0.2) is 15.1 Å². The number of nitrogens with zero attached hydrogens (tertiary/aromatic N) is 2. The van der Waals surface area contributed by atoms with E-state index in [2.05, 4.69) is 25.9 Å². The molecular weight excluding hydrogens is 272 g/mol. The maximum absolute atomic E-state index is 9.49. The molecule has 0 amide bonds. The first-order chi connectivity index (χ1) is 7.66. The third kappa shape index (κ3) is 2.30. The number of aromatic hydroxyl groups is 1. The monoisotopic (exact) mass is 280 g/mol. The molecule has 1 N–H and O–H groups in total. The second-order valence-corrected chi connectivity index (χ2v) is 4.10. The number of hydrogen-bond donors (Lipinski definition) is 1. The Bertz CT molecular complexity index is 500. The van der Waals surface area contributed by atoms with Gasteiger partial charge in [-0.2, -0.15) is 0 Å².